The molecule has 1 atom stereocenters. The van der Waals surface area contributed by atoms with Gasteiger partial charge in [0.1, 0.15) is 15.8 Å². The van der Waals surface area contributed by atoms with Crippen LogP contribution in [0.2, 0.25) is 0 Å². The molecule has 0 saturated carbocycles. The summed E-state index contributed by atoms with van der Waals surface area (Å²) in [6.45, 7) is 2.39. The number of thioether (sulfide) groups is 1. The van der Waals surface area contributed by atoms with Crippen molar-refractivity contribution in [2.45, 2.75) is 17.3 Å². The van der Waals surface area contributed by atoms with Crippen molar-refractivity contribution in [3.8, 4) is 5.75 Å². The molecule has 8 heteroatoms. The quantitative estimate of drug-likeness (QED) is 0.321. The van der Waals surface area contributed by atoms with Gasteiger partial charge in [-0.3, -0.25) is 14.2 Å². The maximum atomic E-state index is 13.4. The number of amides is 1. The number of ether oxygens (including phenoxy) is 1. The van der Waals surface area contributed by atoms with Gasteiger partial charge in [-0.05, 0) is 36.1 Å². The van der Waals surface area contributed by atoms with Gasteiger partial charge < -0.3 is 10.1 Å². The molecule has 6 nitrogen and oxygen atoms in total. The summed E-state index contributed by atoms with van der Waals surface area (Å²) in [6.07, 6.45) is 0. The van der Waals surface area contributed by atoms with Gasteiger partial charge in [0, 0.05) is 7.05 Å². The second-order valence-electron chi connectivity index (χ2n) is 6.72. The molecule has 1 amide bonds. The van der Waals surface area contributed by atoms with Crippen LogP contribution in [0, 0.1) is 0 Å². The molecule has 158 valence electrons. The predicted octanol–water partition coefficient (Wildman–Crippen LogP) is 4.87. The first-order valence-electron chi connectivity index (χ1n) is 9.77. The second-order valence-corrected chi connectivity index (χ2v) is 8.69. The van der Waals surface area contributed by atoms with Gasteiger partial charge in [-0.15, -0.1) is 11.3 Å². The standard InChI is InChI=1S/C23H21N3O3S2/c1-3-29-18-12-8-7-11-17(18)24-20(27)19(15-9-5-4-6-10-15)31-23-25-21-16(13-14-30-21)22(28)26(23)2/h4-14,19H,3H2,1-2H3,(H,24,27). The lowest BCUT2D eigenvalue weighted by Crippen LogP contribution is -2.23. The molecule has 4 rings (SSSR count). The maximum absolute atomic E-state index is 13.4. The van der Waals surface area contributed by atoms with E-state index >= 15 is 0 Å². The Bertz CT molecular complexity index is 1270. The smallest absolute Gasteiger partial charge is 0.262 e. The number of rotatable bonds is 7. The monoisotopic (exact) mass is 451 g/mol. The summed E-state index contributed by atoms with van der Waals surface area (Å²) in [5.74, 6) is 0.393. The average molecular weight is 452 g/mol. The van der Waals surface area contributed by atoms with Crippen LogP contribution in [0.3, 0.4) is 0 Å². The van der Waals surface area contributed by atoms with Crippen molar-refractivity contribution in [3.63, 3.8) is 0 Å². The Morgan fingerprint density at radius 1 is 1.16 bits per heavy atom. The van der Waals surface area contributed by atoms with Gasteiger partial charge in [0.15, 0.2) is 5.16 Å². The molecule has 0 aliphatic heterocycles. The van der Waals surface area contributed by atoms with Gasteiger partial charge in [-0.1, -0.05) is 54.2 Å². The van der Waals surface area contributed by atoms with E-state index in [1.165, 1.54) is 27.7 Å². The Hall–Kier alpha value is -3.10. The number of anilines is 1. The summed E-state index contributed by atoms with van der Waals surface area (Å²) in [5.41, 5.74) is 1.30. The fourth-order valence-electron chi connectivity index (χ4n) is 3.14. The van der Waals surface area contributed by atoms with E-state index in [0.717, 1.165) is 5.56 Å². The van der Waals surface area contributed by atoms with Crippen LogP contribution in [-0.4, -0.2) is 22.1 Å². The molecule has 0 spiro atoms. The molecule has 0 bridgehead atoms. The van der Waals surface area contributed by atoms with Crippen LogP contribution in [0.5, 0.6) is 5.75 Å². The third-order valence-electron chi connectivity index (χ3n) is 4.67. The van der Waals surface area contributed by atoms with E-state index in [2.05, 4.69) is 10.3 Å². The number of fused-ring (bicyclic) bond motifs is 1. The molecule has 2 heterocycles. The Balaban J connectivity index is 1.70. The van der Waals surface area contributed by atoms with Crippen molar-refractivity contribution in [1.29, 1.82) is 0 Å². The first-order valence-corrected chi connectivity index (χ1v) is 11.5. The summed E-state index contributed by atoms with van der Waals surface area (Å²) < 4.78 is 7.13. The highest BCUT2D eigenvalue weighted by Gasteiger charge is 2.25. The lowest BCUT2D eigenvalue weighted by atomic mass is 10.1. The molecule has 2 aromatic carbocycles. The van der Waals surface area contributed by atoms with E-state index in [-0.39, 0.29) is 11.5 Å². The molecule has 1 N–H and O–H groups in total. The van der Waals surface area contributed by atoms with Crippen LogP contribution in [-0.2, 0) is 11.8 Å². The number of hydrogen-bond donors (Lipinski definition) is 1. The van der Waals surface area contributed by atoms with Crippen LogP contribution in [0.25, 0.3) is 10.2 Å². The van der Waals surface area contributed by atoms with Gasteiger partial charge in [0.2, 0.25) is 5.91 Å². The fourth-order valence-corrected chi connectivity index (χ4v) is 5.01. The van der Waals surface area contributed by atoms with Gasteiger partial charge in [-0.2, -0.15) is 0 Å². The molecular formula is C23H21N3O3S2. The third-order valence-corrected chi connectivity index (χ3v) is 6.78. The van der Waals surface area contributed by atoms with Crippen molar-refractivity contribution in [1.82, 2.24) is 9.55 Å². The summed E-state index contributed by atoms with van der Waals surface area (Å²) in [7, 11) is 1.68. The minimum atomic E-state index is -0.605. The minimum absolute atomic E-state index is 0.123. The maximum Gasteiger partial charge on any atom is 0.262 e. The van der Waals surface area contributed by atoms with Crippen LogP contribution in [0.15, 0.2) is 76.0 Å². The van der Waals surface area contributed by atoms with E-state index in [4.69, 9.17) is 4.74 Å². The van der Waals surface area contributed by atoms with E-state index < -0.39 is 5.25 Å². The van der Waals surface area contributed by atoms with Crippen LogP contribution in [0.4, 0.5) is 5.69 Å². The molecule has 0 fully saturated rings. The molecule has 2 aromatic heterocycles. The van der Waals surface area contributed by atoms with Crippen molar-refractivity contribution in [2.24, 2.45) is 7.05 Å². The lowest BCUT2D eigenvalue weighted by molar-refractivity contribution is -0.115. The van der Waals surface area contributed by atoms with E-state index in [1.807, 2.05) is 60.8 Å². The minimum Gasteiger partial charge on any atom is -0.492 e. The highest BCUT2D eigenvalue weighted by molar-refractivity contribution is 8.00. The molecule has 0 aliphatic rings. The zero-order chi connectivity index (χ0) is 21.8. The number of nitrogens with one attached hydrogen (secondary N) is 1. The molecule has 1 unspecified atom stereocenters. The number of thiophene rings is 1. The number of carbonyl (C=O) groups is 1. The molecule has 0 aliphatic carbocycles. The molecular weight excluding hydrogens is 430 g/mol. The summed E-state index contributed by atoms with van der Waals surface area (Å²) in [5, 5.41) is 5.30. The van der Waals surface area contributed by atoms with Gasteiger partial charge in [-0.25, -0.2) is 4.98 Å². The summed E-state index contributed by atoms with van der Waals surface area (Å²) in [6, 6.07) is 18.6. The Morgan fingerprint density at radius 2 is 1.90 bits per heavy atom. The summed E-state index contributed by atoms with van der Waals surface area (Å²) in [4.78, 5) is 31.4. The first-order chi connectivity index (χ1) is 15.1. The number of hydrogen-bond acceptors (Lipinski definition) is 6. The zero-order valence-electron chi connectivity index (χ0n) is 17.1. The Labute approximate surface area is 187 Å². The van der Waals surface area contributed by atoms with Crippen molar-refractivity contribution < 1.29 is 9.53 Å². The number of benzene rings is 2. The Morgan fingerprint density at radius 3 is 2.68 bits per heavy atom. The SMILES string of the molecule is CCOc1ccccc1NC(=O)C(Sc1nc2sccc2c(=O)n1C)c1ccccc1. The van der Waals surface area contributed by atoms with Crippen molar-refractivity contribution in [2.75, 3.05) is 11.9 Å². The number of para-hydroxylation sites is 2. The topological polar surface area (TPSA) is 73.2 Å². The van der Waals surface area contributed by atoms with Gasteiger partial charge in [0.05, 0.1) is 17.7 Å². The highest BCUT2D eigenvalue weighted by atomic mass is 32.2. The molecule has 31 heavy (non-hydrogen) atoms. The van der Waals surface area contributed by atoms with E-state index in [1.54, 1.807) is 19.2 Å². The van der Waals surface area contributed by atoms with Gasteiger partial charge in [0.25, 0.3) is 5.56 Å². The first kappa shape index (κ1) is 21.1. The normalized spacial score (nSPS) is 11.9. The van der Waals surface area contributed by atoms with Crippen molar-refractivity contribution >= 4 is 44.9 Å². The molecule has 4 aromatic rings. The largest absolute Gasteiger partial charge is 0.492 e. The second kappa shape index (κ2) is 9.36. The van der Waals surface area contributed by atoms with Crippen LogP contribution < -0.4 is 15.6 Å². The summed E-state index contributed by atoms with van der Waals surface area (Å²) >= 11 is 2.66. The fraction of sp³-hybridized carbons (Fsp3) is 0.174. The predicted molar refractivity (Wildman–Crippen MR) is 126 cm³/mol. The van der Waals surface area contributed by atoms with E-state index in [9.17, 15) is 9.59 Å². The van der Waals surface area contributed by atoms with Gasteiger partial charge >= 0.3 is 0 Å². The van der Waals surface area contributed by atoms with Crippen LogP contribution in [0.1, 0.15) is 17.7 Å². The lowest BCUT2D eigenvalue weighted by Gasteiger charge is -2.19. The van der Waals surface area contributed by atoms with Crippen molar-refractivity contribution in [3.05, 3.63) is 82.0 Å². The molecule has 0 saturated heterocycles. The number of nitrogens with zero attached hydrogens (tertiary/aromatic N) is 2. The number of carbonyl (C=O) groups excluding carboxylic acids is 1. The average Bonchev–Trinajstić information content (AvgIpc) is 3.26. The number of aromatic nitrogens is 2. The highest BCUT2D eigenvalue weighted by Crippen LogP contribution is 2.36. The van der Waals surface area contributed by atoms with E-state index in [0.29, 0.717) is 33.4 Å². The van der Waals surface area contributed by atoms with Crippen LogP contribution >= 0.6 is 23.1 Å². The molecule has 0 radical (unpaired) electrons. The third kappa shape index (κ3) is 4.50. The Kier molecular flexibility index (Phi) is 6.39. The zero-order valence-corrected chi connectivity index (χ0v) is 18.7.